The van der Waals surface area contributed by atoms with Crippen LogP contribution < -0.4 is 5.32 Å². The van der Waals surface area contributed by atoms with Crippen molar-refractivity contribution in [3.8, 4) is 0 Å². The van der Waals surface area contributed by atoms with Crippen LogP contribution in [0.4, 0.5) is 0 Å². The first-order valence-corrected chi connectivity index (χ1v) is 10.1. The first-order valence-electron chi connectivity index (χ1n) is 10.1. The van der Waals surface area contributed by atoms with Crippen molar-refractivity contribution < 1.29 is 19.1 Å². The van der Waals surface area contributed by atoms with Crippen molar-refractivity contribution in [2.75, 3.05) is 19.8 Å². The Labute approximate surface area is 160 Å². The smallest absolute Gasteiger partial charge is 0.256 e. The fourth-order valence-corrected chi connectivity index (χ4v) is 4.53. The summed E-state index contributed by atoms with van der Waals surface area (Å²) in [6, 6.07) is 8.61. The number of hydrogen-bond donors (Lipinski definition) is 1. The summed E-state index contributed by atoms with van der Waals surface area (Å²) < 4.78 is 11.7. The molecule has 1 aromatic rings. The van der Waals surface area contributed by atoms with Crippen LogP contribution in [0.25, 0.3) is 0 Å². The minimum Gasteiger partial charge on any atom is -0.376 e. The lowest BCUT2D eigenvalue weighted by Crippen LogP contribution is -2.56. The quantitative estimate of drug-likeness (QED) is 0.882. The molecule has 2 heterocycles. The van der Waals surface area contributed by atoms with Gasteiger partial charge in [-0.1, -0.05) is 24.6 Å². The van der Waals surface area contributed by atoms with Crippen molar-refractivity contribution in [3.05, 3.63) is 35.9 Å². The number of amides is 2. The highest BCUT2D eigenvalue weighted by atomic mass is 16.5. The number of carbonyl (C=O) groups excluding carboxylic acids is 2. The van der Waals surface area contributed by atoms with Crippen LogP contribution in [0.5, 0.6) is 0 Å². The first-order chi connectivity index (χ1) is 13.2. The Kier molecular flexibility index (Phi) is 5.45. The van der Waals surface area contributed by atoms with Gasteiger partial charge in [-0.05, 0) is 50.7 Å². The van der Waals surface area contributed by atoms with Crippen LogP contribution >= 0.6 is 0 Å². The van der Waals surface area contributed by atoms with Gasteiger partial charge >= 0.3 is 0 Å². The van der Waals surface area contributed by atoms with Gasteiger partial charge in [0.05, 0.1) is 12.7 Å². The SMILES string of the molecule is O=C(NC[C@H]1CCCO1)[C@@H]1COC2(CCCCC2)N1C(=O)c1ccccc1. The van der Waals surface area contributed by atoms with Crippen molar-refractivity contribution in [1.82, 2.24) is 10.2 Å². The van der Waals surface area contributed by atoms with E-state index in [9.17, 15) is 9.59 Å². The van der Waals surface area contributed by atoms with Gasteiger partial charge in [-0.2, -0.15) is 0 Å². The normalized spacial score (nSPS) is 27.0. The fraction of sp³-hybridized carbons (Fsp3) is 0.619. The van der Waals surface area contributed by atoms with E-state index in [1.165, 1.54) is 0 Å². The first kappa shape index (κ1) is 18.4. The molecule has 3 aliphatic rings. The van der Waals surface area contributed by atoms with Gasteiger partial charge < -0.3 is 14.8 Å². The molecule has 1 N–H and O–H groups in total. The fourth-order valence-electron chi connectivity index (χ4n) is 4.53. The second-order valence-corrected chi connectivity index (χ2v) is 7.76. The standard InChI is InChI=1S/C21H28N2O4/c24-19(22-14-17-10-7-13-26-17)18-15-27-21(11-5-2-6-12-21)23(18)20(25)16-8-3-1-4-9-16/h1,3-4,8-9,17-18H,2,5-7,10-15H2,(H,22,24)/t17-,18+/m1/s1. The lowest BCUT2D eigenvalue weighted by Gasteiger charge is -2.41. The number of rotatable bonds is 4. The molecule has 2 aliphatic heterocycles. The summed E-state index contributed by atoms with van der Waals surface area (Å²) in [6.45, 7) is 1.51. The van der Waals surface area contributed by atoms with E-state index in [1.54, 1.807) is 17.0 Å². The van der Waals surface area contributed by atoms with Crippen LogP contribution in [0, 0.1) is 0 Å². The average molecular weight is 372 g/mol. The Hall–Kier alpha value is -1.92. The zero-order chi connectivity index (χ0) is 18.7. The van der Waals surface area contributed by atoms with E-state index in [2.05, 4.69) is 5.32 Å². The van der Waals surface area contributed by atoms with Gasteiger partial charge in [0.2, 0.25) is 5.91 Å². The molecule has 2 saturated heterocycles. The molecule has 0 bridgehead atoms. The molecule has 3 fully saturated rings. The summed E-state index contributed by atoms with van der Waals surface area (Å²) >= 11 is 0. The van der Waals surface area contributed by atoms with Gasteiger partial charge in [0.1, 0.15) is 11.8 Å². The van der Waals surface area contributed by atoms with Gasteiger partial charge in [0.15, 0.2) is 0 Å². The predicted molar refractivity (Wildman–Crippen MR) is 100 cm³/mol. The van der Waals surface area contributed by atoms with Gasteiger partial charge in [-0.15, -0.1) is 0 Å². The molecule has 1 aromatic carbocycles. The van der Waals surface area contributed by atoms with E-state index in [-0.39, 0.29) is 24.5 Å². The van der Waals surface area contributed by atoms with E-state index >= 15 is 0 Å². The molecule has 6 nitrogen and oxygen atoms in total. The summed E-state index contributed by atoms with van der Waals surface area (Å²) in [5.74, 6) is -0.260. The van der Waals surface area contributed by atoms with E-state index < -0.39 is 11.8 Å². The van der Waals surface area contributed by atoms with Crippen LogP contribution in [-0.2, 0) is 14.3 Å². The number of nitrogens with one attached hydrogen (secondary N) is 1. The van der Waals surface area contributed by atoms with Crippen LogP contribution in [0.15, 0.2) is 30.3 Å². The number of carbonyl (C=O) groups is 2. The van der Waals surface area contributed by atoms with Gasteiger partial charge in [-0.3, -0.25) is 14.5 Å². The van der Waals surface area contributed by atoms with Crippen molar-refractivity contribution >= 4 is 11.8 Å². The number of nitrogens with zero attached hydrogens (tertiary/aromatic N) is 1. The second-order valence-electron chi connectivity index (χ2n) is 7.76. The predicted octanol–water partition coefficient (Wildman–Crippen LogP) is 2.48. The maximum Gasteiger partial charge on any atom is 0.256 e. The molecular weight excluding hydrogens is 344 g/mol. The van der Waals surface area contributed by atoms with E-state index in [1.807, 2.05) is 18.2 Å². The van der Waals surface area contributed by atoms with Crippen LogP contribution in [0.1, 0.15) is 55.3 Å². The third kappa shape index (κ3) is 3.73. The minimum atomic E-state index is -0.642. The van der Waals surface area contributed by atoms with Crippen LogP contribution in [-0.4, -0.2) is 54.3 Å². The Balaban J connectivity index is 1.54. The molecule has 0 radical (unpaired) electrons. The van der Waals surface area contributed by atoms with Gasteiger partial charge in [-0.25, -0.2) is 0 Å². The summed E-state index contributed by atoms with van der Waals surface area (Å²) in [4.78, 5) is 28.0. The van der Waals surface area contributed by atoms with Crippen LogP contribution in [0.2, 0.25) is 0 Å². The Morgan fingerprint density at radius 1 is 1.11 bits per heavy atom. The molecule has 27 heavy (non-hydrogen) atoms. The van der Waals surface area contributed by atoms with Crippen molar-refractivity contribution in [1.29, 1.82) is 0 Å². The Bertz CT molecular complexity index is 666. The summed E-state index contributed by atoms with van der Waals surface area (Å²) in [5.41, 5.74) is -0.0401. The summed E-state index contributed by atoms with van der Waals surface area (Å²) in [6.07, 6.45) is 6.85. The Morgan fingerprint density at radius 2 is 1.89 bits per heavy atom. The third-order valence-electron chi connectivity index (χ3n) is 5.97. The number of hydrogen-bond acceptors (Lipinski definition) is 4. The molecule has 6 heteroatoms. The number of benzene rings is 1. The van der Waals surface area contributed by atoms with E-state index in [0.29, 0.717) is 12.1 Å². The summed E-state index contributed by atoms with van der Waals surface area (Å²) in [5, 5.41) is 2.99. The molecule has 1 saturated carbocycles. The third-order valence-corrected chi connectivity index (χ3v) is 5.97. The average Bonchev–Trinajstić information content (AvgIpc) is 3.35. The highest BCUT2D eigenvalue weighted by molar-refractivity contribution is 5.98. The molecule has 146 valence electrons. The highest BCUT2D eigenvalue weighted by Gasteiger charge is 2.52. The zero-order valence-electron chi connectivity index (χ0n) is 15.7. The molecule has 1 spiro atoms. The van der Waals surface area contributed by atoms with E-state index in [0.717, 1.165) is 51.6 Å². The minimum absolute atomic E-state index is 0.0817. The maximum absolute atomic E-state index is 13.3. The summed E-state index contributed by atoms with van der Waals surface area (Å²) in [7, 11) is 0. The highest BCUT2D eigenvalue weighted by Crippen LogP contribution is 2.41. The van der Waals surface area contributed by atoms with Crippen LogP contribution in [0.3, 0.4) is 0 Å². The molecular formula is C21H28N2O4. The Morgan fingerprint density at radius 3 is 2.59 bits per heavy atom. The molecule has 4 rings (SSSR count). The zero-order valence-corrected chi connectivity index (χ0v) is 15.7. The lowest BCUT2D eigenvalue weighted by molar-refractivity contribution is -0.127. The molecule has 2 atom stereocenters. The van der Waals surface area contributed by atoms with Gasteiger partial charge in [0, 0.05) is 18.7 Å². The van der Waals surface area contributed by atoms with Crippen molar-refractivity contribution in [3.63, 3.8) is 0 Å². The second kappa shape index (κ2) is 7.98. The number of ether oxygens (including phenoxy) is 2. The largest absolute Gasteiger partial charge is 0.376 e. The van der Waals surface area contributed by atoms with Gasteiger partial charge in [0.25, 0.3) is 5.91 Å². The molecule has 0 aromatic heterocycles. The molecule has 0 unspecified atom stereocenters. The molecule has 2 amide bonds. The monoisotopic (exact) mass is 372 g/mol. The maximum atomic E-state index is 13.3. The van der Waals surface area contributed by atoms with Crippen molar-refractivity contribution in [2.24, 2.45) is 0 Å². The van der Waals surface area contributed by atoms with E-state index in [4.69, 9.17) is 9.47 Å². The lowest BCUT2D eigenvalue weighted by atomic mass is 9.89. The molecule has 1 aliphatic carbocycles. The van der Waals surface area contributed by atoms with Crippen molar-refractivity contribution in [2.45, 2.75) is 62.8 Å². The topological polar surface area (TPSA) is 67.9 Å².